The monoisotopic (exact) mass is 276 g/mol. The van der Waals surface area contributed by atoms with Crippen LogP contribution in [0.3, 0.4) is 0 Å². The third-order valence-corrected chi connectivity index (χ3v) is 3.65. The smallest absolute Gasteiger partial charge is 0.111 e. The van der Waals surface area contributed by atoms with Gasteiger partial charge in [-0.05, 0) is 33.1 Å². The Kier molecular flexibility index (Phi) is 6.22. The molecule has 1 heterocycles. The maximum Gasteiger partial charge on any atom is 0.111 e. The van der Waals surface area contributed by atoms with E-state index in [1.54, 1.807) is 0 Å². The SMILES string of the molecule is CCC(C#N)(CCCn1ccnc1C(C)C)NC(C)C. The molecule has 0 radical (unpaired) electrons. The summed E-state index contributed by atoms with van der Waals surface area (Å²) in [6.45, 7) is 11.5. The van der Waals surface area contributed by atoms with Crippen LogP contribution in [-0.4, -0.2) is 21.1 Å². The van der Waals surface area contributed by atoms with Crippen molar-refractivity contribution in [1.29, 1.82) is 5.26 Å². The first-order valence-electron chi connectivity index (χ1n) is 7.64. The molecule has 0 aliphatic heterocycles. The fourth-order valence-corrected chi connectivity index (χ4v) is 2.63. The molecule has 0 saturated carbocycles. The number of nitrogens with one attached hydrogen (secondary N) is 1. The first-order valence-corrected chi connectivity index (χ1v) is 7.64. The highest BCUT2D eigenvalue weighted by atomic mass is 15.1. The molecule has 1 aromatic rings. The highest BCUT2D eigenvalue weighted by Gasteiger charge is 2.27. The zero-order valence-corrected chi connectivity index (χ0v) is 13.5. The van der Waals surface area contributed by atoms with Crippen LogP contribution in [0.25, 0.3) is 0 Å². The van der Waals surface area contributed by atoms with Crippen molar-refractivity contribution in [3.8, 4) is 6.07 Å². The summed E-state index contributed by atoms with van der Waals surface area (Å²) < 4.78 is 2.21. The van der Waals surface area contributed by atoms with Gasteiger partial charge in [-0.25, -0.2) is 4.98 Å². The van der Waals surface area contributed by atoms with E-state index in [4.69, 9.17) is 0 Å². The van der Waals surface area contributed by atoms with Crippen molar-refractivity contribution < 1.29 is 0 Å². The molecule has 1 unspecified atom stereocenters. The summed E-state index contributed by atoms with van der Waals surface area (Å²) in [6, 6.07) is 2.81. The van der Waals surface area contributed by atoms with Crippen LogP contribution in [0.1, 0.15) is 65.6 Å². The summed E-state index contributed by atoms with van der Waals surface area (Å²) in [5, 5.41) is 12.9. The summed E-state index contributed by atoms with van der Waals surface area (Å²) in [4.78, 5) is 4.40. The average molecular weight is 276 g/mol. The Labute approximate surface area is 123 Å². The zero-order chi connectivity index (χ0) is 15.2. The van der Waals surface area contributed by atoms with Gasteiger partial charge >= 0.3 is 0 Å². The van der Waals surface area contributed by atoms with Crippen molar-refractivity contribution in [1.82, 2.24) is 14.9 Å². The standard InChI is InChI=1S/C16H28N4/c1-6-16(12-17,19-14(4)5)8-7-10-20-11-9-18-15(20)13(2)3/h9,11,13-14,19H,6-8,10H2,1-5H3. The molecule has 112 valence electrons. The number of hydrogen-bond donors (Lipinski definition) is 1. The van der Waals surface area contributed by atoms with Gasteiger partial charge < -0.3 is 4.57 Å². The van der Waals surface area contributed by atoms with Gasteiger partial charge in [0.1, 0.15) is 11.4 Å². The average Bonchev–Trinajstić information content (AvgIpc) is 2.85. The number of imidazole rings is 1. The lowest BCUT2D eigenvalue weighted by Gasteiger charge is -2.29. The molecular formula is C16H28N4. The number of hydrogen-bond acceptors (Lipinski definition) is 3. The van der Waals surface area contributed by atoms with E-state index in [1.165, 1.54) is 0 Å². The topological polar surface area (TPSA) is 53.6 Å². The van der Waals surface area contributed by atoms with Crippen LogP contribution in [0.15, 0.2) is 12.4 Å². The molecule has 0 amide bonds. The molecular weight excluding hydrogens is 248 g/mol. The normalized spacial score (nSPS) is 14.5. The van der Waals surface area contributed by atoms with E-state index in [0.29, 0.717) is 12.0 Å². The maximum absolute atomic E-state index is 9.49. The van der Waals surface area contributed by atoms with Gasteiger partial charge in [0.15, 0.2) is 0 Å². The van der Waals surface area contributed by atoms with Crippen molar-refractivity contribution in [3.63, 3.8) is 0 Å². The Morgan fingerprint density at radius 3 is 2.60 bits per heavy atom. The minimum atomic E-state index is -0.396. The van der Waals surface area contributed by atoms with E-state index in [9.17, 15) is 5.26 Å². The number of nitriles is 1. The van der Waals surface area contributed by atoms with Crippen LogP contribution in [0.2, 0.25) is 0 Å². The fraction of sp³-hybridized carbons (Fsp3) is 0.750. The van der Waals surface area contributed by atoms with Crippen LogP contribution in [0.5, 0.6) is 0 Å². The van der Waals surface area contributed by atoms with Gasteiger partial charge in [0.05, 0.1) is 6.07 Å². The van der Waals surface area contributed by atoms with E-state index in [1.807, 2.05) is 12.4 Å². The second-order valence-electron chi connectivity index (χ2n) is 6.08. The zero-order valence-electron chi connectivity index (χ0n) is 13.5. The highest BCUT2D eigenvalue weighted by Crippen LogP contribution is 2.19. The van der Waals surface area contributed by atoms with Gasteiger partial charge in [0.25, 0.3) is 0 Å². The number of aromatic nitrogens is 2. The number of aryl methyl sites for hydroxylation is 1. The Hall–Kier alpha value is -1.34. The van der Waals surface area contributed by atoms with Gasteiger partial charge in [-0.1, -0.05) is 20.8 Å². The van der Waals surface area contributed by atoms with E-state index in [0.717, 1.165) is 31.6 Å². The van der Waals surface area contributed by atoms with Gasteiger partial charge in [-0.3, -0.25) is 5.32 Å². The van der Waals surface area contributed by atoms with Gasteiger partial charge in [0.2, 0.25) is 0 Å². The molecule has 0 aliphatic carbocycles. The molecule has 0 aliphatic rings. The van der Waals surface area contributed by atoms with E-state index in [2.05, 4.69) is 55.6 Å². The largest absolute Gasteiger partial charge is 0.335 e. The molecule has 4 heteroatoms. The Morgan fingerprint density at radius 2 is 2.10 bits per heavy atom. The molecule has 1 aromatic heterocycles. The highest BCUT2D eigenvalue weighted by molar-refractivity contribution is 5.07. The fourth-order valence-electron chi connectivity index (χ4n) is 2.63. The lowest BCUT2D eigenvalue weighted by Crippen LogP contribution is -2.47. The molecule has 20 heavy (non-hydrogen) atoms. The van der Waals surface area contributed by atoms with Crippen molar-refractivity contribution in [2.45, 2.75) is 77.9 Å². The molecule has 0 spiro atoms. The molecule has 0 aromatic carbocycles. The van der Waals surface area contributed by atoms with Crippen LogP contribution < -0.4 is 5.32 Å². The van der Waals surface area contributed by atoms with Gasteiger partial charge in [-0.15, -0.1) is 0 Å². The molecule has 0 fully saturated rings. The third kappa shape index (κ3) is 4.35. The van der Waals surface area contributed by atoms with Crippen LogP contribution >= 0.6 is 0 Å². The first-order chi connectivity index (χ1) is 9.44. The second-order valence-corrected chi connectivity index (χ2v) is 6.08. The van der Waals surface area contributed by atoms with Crippen LogP contribution in [-0.2, 0) is 6.54 Å². The summed E-state index contributed by atoms with van der Waals surface area (Å²) in [6.07, 6.45) is 6.58. The number of nitrogens with zero attached hydrogens (tertiary/aromatic N) is 3. The minimum absolute atomic E-state index is 0.328. The first kappa shape index (κ1) is 16.7. The molecule has 1 rings (SSSR count). The molecule has 1 N–H and O–H groups in total. The van der Waals surface area contributed by atoms with E-state index >= 15 is 0 Å². The van der Waals surface area contributed by atoms with Crippen LogP contribution in [0.4, 0.5) is 0 Å². The summed E-state index contributed by atoms with van der Waals surface area (Å²) >= 11 is 0. The number of rotatable bonds is 8. The lowest BCUT2D eigenvalue weighted by molar-refractivity contribution is 0.328. The van der Waals surface area contributed by atoms with Crippen molar-refractivity contribution in [2.75, 3.05) is 0 Å². The predicted octanol–water partition coefficient (Wildman–Crippen LogP) is 3.46. The Bertz CT molecular complexity index is 442. The van der Waals surface area contributed by atoms with Crippen molar-refractivity contribution in [3.05, 3.63) is 18.2 Å². The minimum Gasteiger partial charge on any atom is -0.335 e. The van der Waals surface area contributed by atoms with Crippen molar-refractivity contribution >= 4 is 0 Å². The summed E-state index contributed by atoms with van der Waals surface area (Å²) in [5.41, 5.74) is -0.396. The summed E-state index contributed by atoms with van der Waals surface area (Å²) in [5.74, 6) is 1.56. The van der Waals surface area contributed by atoms with Gasteiger partial charge in [0, 0.05) is 30.9 Å². The van der Waals surface area contributed by atoms with E-state index in [-0.39, 0.29) is 0 Å². The maximum atomic E-state index is 9.49. The Balaban J connectivity index is 2.61. The Morgan fingerprint density at radius 1 is 1.40 bits per heavy atom. The van der Waals surface area contributed by atoms with Crippen LogP contribution in [0, 0.1) is 11.3 Å². The van der Waals surface area contributed by atoms with Gasteiger partial charge in [-0.2, -0.15) is 5.26 Å². The predicted molar refractivity (Wildman–Crippen MR) is 82.5 cm³/mol. The second kappa shape index (κ2) is 7.44. The molecule has 1 atom stereocenters. The summed E-state index contributed by atoms with van der Waals surface area (Å²) in [7, 11) is 0. The third-order valence-electron chi connectivity index (χ3n) is 3.65. The molecule has 4 nitrogen and oxygen atoms in total. The quantitative estimate of drug-likeness (QED) is 0.791. The molecule has 0 bridgehead atoms. The van der Waals surface area contributed by atoms with Crippen molar-refractivity contribution in [2.24, 2.45) is 0 Å². The molecule has 0 saturated heterocycles. The van der Waals surface area contributed by atoms with E-state index < -0.39 is 5.54 Å². The lowest BCUT2D eigenvalue weighted by atomic mass is 9.91.